The van der Waals surface area contributed by atoms with Crippen LogP contribution >= 0.6 is 0 Å². The minimum atomic E-state index is -0.200. The molecule has 1 aliphatic heterocycles. The topological polar surface area (TPSA) is 49.9 Å². The molecule has 0 saturated heterocycles. The molecule has 2 aliphatic rings. The summed E-state index contributed by atoms with van der Waals surface area (Å²) in [5.74, 6) is -0.116. The predicted octanol–water partition coefficient (Wildman–Crippen LogP) is 4.51. The van der Waals surface area contributed by atoms with Gasteiger partial charge >= 0.3 is 5.97 Å². The minimum Gasteiger partial charge on any atom is -0.466 e. The summed E-state index contributed by atoms with van der Waals surface area (Å²) in [6.07, 6.45) is 9.57. The van der Waals surface area contributed by atoms with Crippen LogP contribution in [0.3, 0.4) is 0 Å². The lowest BCUT2D eigenvalue weighted by molar-refractivity contribution is -0.143. The second-order valence-corrected chi connectivity index (χ2v) is 7.95. The largest absolute Gasteiger partial charge is 0.466 e. The number of ether oxygens (including phenoxy) is 1. The summed E-state index contributed by atoms with van der Waals surface area (Å²) in [6, 6.07) is 7.89. The fourth-order valence-corrected chi connectivity index (χ4v) is 4.10. The number of allylic oxidation sites excluding steroid dienone is 5. The van der Waals surface area contributed by atoms with E-state index in [1.54, 1.807) is 0 Å². The molecule has 0 amide bonds. The summed E-state index contributed by atoms with van der Waals surface area (Å²) in [6.45, 7) is 4.03. The molecule has 0 radical (unpaired) electrons. The van der Waals surface area contributed by atoms with E-state index < -0.39 is 0 Å². The Hall–Kier alpha value is -2.66. The van der Waals surface area contributed by atoms with Crippen LogP contribution in [0.1, 0.15) is 49.4 Å². The number of para-hydroxylation sites is 1. The first-order valence-corrected chi connectivity index (χ1v) is 10.8. The normalized spacial score (nSPS) is 15.7. The van der Waals surface area contributed by atoms with Crippen molar-refractivity contribution in [2.24, 2.45) is 0 Å². The Morgan fingerprint density at radius 1 is 1.20 bits per heavy atom. The van der Waals surface area contributed by atoms with Crippen molar-refractivity contribution in [1.29, 1.82) is 0 Å². The van der Waals surface area contributed by atoms with Gasteiger partial charge in [-0.25, -0.2) is 0 Å². The van der Waals surface area contributed by atoms with Gasteiger partial charge in [0.2, 0.25) is 0 Å². The van der Waals surface area contributed by atoms with Crippen molar-refractivity contribution < 1.29 is 14.3 Å². The summed E-state index contributed by atoms with van der Waals surface area (Å²) in [5.41, 5.74) is 4.75. The van der Waals surface area contributed by atoms with Crippen molar-refractivity contribution in [2.45, 2.75) is 39.0 Å². The van der Waals surface area contributed by atoms with Crippen LogP contribution in [-0.4, -0.2) is 50.4 Å². The van der Waals surface area contributed by atoms with Gasteiger partial charge in [-0.1, -0.05) is 24.3 Å². The maximum atomic E-state index is 13.6. The van der Waals surface area contributed by atoms with Gasteiger partial charge in [0.05, 0.1) is 12.3 Å². The highest BCUT2D eigenvalue weighted by Gasteiger charge is 2.30. The fourth-order valence-electron chi connectivity index (χ4n) is 4.10. The molecule has 0 N–H and O–H groups in total. The monoisotopic (exact) mass is 408 g/mol. The number of Topliss-reactive ketones (excluding diaryl/α,β-unsaturated/α-hetero) is 1. The van der Waals surface area contributed by atoms with Crippen LogP contribution in [0.4, 0.5) is 5.69 Å². The van der Waals surface area contributed by atoms with Gasteiger partial charge in [-0.15, -0.1) is 0 Å². The van der Waals surface area contributed by atoms with Crippen molar-refractivity contribution >= 4 is 17.4 Å². The van der Waals surface area contributed by atoms with Crippen molar-refractivity contribution in [3.63, 3.8) is 0 Å². The van der Waals surface area contributed by atoms with Crippen LogP contribution in [0.2, 0.25) is 0 Å². The first-order valence-electron chi connectivity index (χ1n) is 10.8. The number of fused-ring (bicyclic) bond motifs is 2. The molecule has 0 saturated carbocycles. The molecule has 5 heteroatoms. The lowest BCUT2D eigenvalue weighted by Crippen LogP contribution is -2.28. The molecule has 1 aromatic rings. The first kappa shape index (κ1) is 22.0. The fraction of sp³-hybridized carbons (Fsp3) is 0.440. The van der Waals surface area contributed by atoms with Gasteiger partial charge in [-0.3, -0.25) is 9.59 Å². The molecule has 0 bridgehead atoms. The van der Waals surface area contributed by atoms with Gasteiger partial charge in [0.25, 0.3) is 0 Å². The second-order valence-electron chi connectivity index (χ2n) is 7.95. The van der Waals surface area contributed by atoms with E-state index in [1.165, 1.54) is 0 Å². The van der Waals surface area contributed by atoms with E-state index in [4.69, 9.17) is 4.74 Å². The van der Waals surface area contributed by atoms with Crippen LogP contribution in [0, 0.1) is 0 Å². The Kier molecular flexibility index (Phi) is 7.63. The van der Waals surface area contributed by atoms with E-state index in [1.807, 2.05) is 31.2 Å². The van der Waals surface area contributed by atoms with E-state index in [-0.39, 0.29) is 11.8 Å². The lowest BCUT2D eigenvalue weighted by atomic mass is 9.90. The second kappa shape index (κ2) is 10.4. The maximum Gasteiger partial charge on any atom is 0.305 e. The van der Waals surface area contributed by atoms with Crippen molar-refractivity contribution in [3.8, 4) is 0 Å². The zero-order chi connectivity index (χ0) is 21.5. The molecule has 1 aromatic carbocycles. The van der Waals surface area contributed by atoms with Crippen LogP contribution in [0.15, 0.2) is 59.3 Å². The number of ketones is 1. The van der Waals surface area contributed by atoms with Crippen LogP contribution in [0.5, 0.6) is 0 Å². The Bertz CT molecular complexity index is 880. The Morgan fingerprint density at radius 3 is 2.77 bits per heavy atom. The molecule has 1 heterocycles. The molecule has 0 spiro atoms. The number of carbonyl (C=O) groups excluding carboxylic acids is 2. The molecule has 30 heavy (non-hydrogen) atoms. The number of hydrogen-bond acceptors (Lipinski definition) is 5. The molecule has 1 aliphatic carbocycles. The van der Waals surface area contributed by atoms with Crippen molar-refractivity contribution in [3.05, 3.63) is 64.9 Å². The predicted molar refractivity (Wildman–Crippen MR) is 121 cm³/mol. The average Bonchev–Trinajstić information content (AvgIpc) is 2.83. The van der Waals surface area contributed by atoms with Crippen molar-refractivity contribution in [2.75, 3.05) is 38.7 Å². The molecule has 3 rings (SSSR count). The average molecular weight is 409 g/mol. The molecule has 0 unspecified atom stereocenters. The van der Waals surface area contributed by atoms with E-state index >= 15 is 0 Å². The molecular formula is C25H32N2O3. The van der Waals surface area contributed by atoms with E-state index in [9.17, 15) is 9.59 Å². The van der Waals surface area contributed by atoms with E-state index in [0.29, 0.717) is 25.9 Å². The van der Waals surface area contributed by atoms with Gasteiger partial charge in [-0.2, -0.15) is 0 Å². The zero-order valence-electron chi connectivity index (χ0n) is 18.3. The smallest absolute Gasteiger partial charge is 0.305 e. The number of esters is 1. The van der Waals surface area contributed by atoms with Crippen LogP contribution in [0.25, 0.3) is 0 Å². The first-order chi connectivity index (χ1) is 14.5. The molecule has 160 valence electrons. The third kappa shape index (κ3) is 5.08. The molecule has 5 nitrogen and oxygen atoms in total. The Morgan fingerprint density at radius 2 is 2.00 bits per heavy atom. The Balaban J connectivity index is 1.94. The summed E-state index contributed by atoms with van der Waals surface area (Å²) in [4.78, 5) is 29.8. The number of carbonyl (C=O) groups is 2. The standard InChI is InChI=1S/C25H32N2O3/c1-4-30-24(28)16-9-13-20-19-11-5-7-14-22(19)27(18-10-17-26(2)3)23-15-8-6-12-21(23)25(20)29/h5-8,12,14-15H,4,9-11,13,16-18H2,1-3H3. The number of nitrogens with zero attached hydrogens (tertiary/aromatic N) is 2. The molecule has 0 atom stereocenters. The minimum absolute atomic E-state index is 0.0840. The maximum absolute atomic E-state index is 13.6. The molecule has 0 aromatic heterocycles. The quantitative estimate of drug-likeness (QED) is 0.563. The zero-order valence-corrected chi connectivity index (χ0v) is 18.3. The van der Waals surface area contributed by atoms with Gasteiger partial charge in [0.15, 0.2) is 5.78 Å². The summed E-state index contributed by atoms with van der Waals surface area (Å²) < 4.78 is 5.05. The molecular weight excluding hydrogens is 376 g/mol. The highest BCUT2D eigenvalue weighted by Crippen LogP contribution is 2.39. The van der Waals surface area contributed by atoms with Gasteiger partial charge < -0.3 is 14.5 Å². The Labute approximate surface area is 179 Å². The number of rotatable bonds is 9. The number of anilines is 1. The third-order valence-electron chi connectivity index (χ3n) is 5.49. The van der Waals surface area contributed by atoms with E-state index in [0.717, 1.165) is 54.0 Å². The summed E-state index contributed by atoms with van der Waals surface area (Å²) in [7, 11) is 4.16. The van der Waals surface area contributed by atoms with Crippen LogP contribution in [-0.2, 0) is 9.53 Å². The van der Waals surface area contributed by atoms with Crippen molar-refractivity contribution in [1.82, 2.24) is 4.90 Å². The SMILES string of the molecule is CCOC(=O)CCCC1=C2CC=CC=C2N(CCCN(C)C)c2ccccc2C1=O. The summed E-state index contributed by atoms with van der Waals surface area (Å²) >= 11 is 0. The lowest BCUT2D eigenvalue weighted by Gasteiger charge is -2.30. The highest BCUT2D eigenvalue weighted by atomic mass is 16.5. The highest BCUT2D eigenvalue weighted by molar-refractivity contribution is 6.14. The van der Waals surface area contributed by atoms with Crippen LogP contribution < -0.4 is 4.90 Å². The summed E-state index contributed by atoms with van der Waals surface area (Å²) in [5, 5.41) is 0. The van der Waals surface area contributed by atoms with Gasteiger partial charge in [-0.05, 0) is 77.0 Å². The van der Waals surface area contributed by atoms with Gasteiger partial charge in [0.1, 0.15) is 0 Å². The van der Waals surface area contributed by atoms with Gasteiger partial charge in [0, 0.05) is 29.8 Å². The number of hydrogen-bond donors (Lipinski definition) is 0. The molecule has 0 fully saturated rings. The third-order valence-corrected chi connectivity index (χ3v) is 5.49. The number of benzene rings is 1. The van der Waals surface area contributed by atoms with E-state index in [2.05, 4.69) is 42.1 Å².